The Labute approximate surface area is 132 Å². The van der Waals surface area contributed by atoms with Crippen molar-refractivity contribution in [2.24, 2.45) is 7.05 Å². The number of H-pyrrole nitrogens is 1. The van der Waals surface area contributed by atoms with Crippen LogP contribution in [-0.2, 0) is 18.2 Å². The van der Waals surface area contributed by atoms with E-state index in [0.717, 1.165) is 29.1 Å². The van der Waals surface area contributed by atoms with Crippen LogP contribution in [0.5, 0.6) is 0 Å². The van der Waals surface area contributed by atoms with Gasteiger partial charge in [-0.05, 0) is 12.8 Å². The Hall–Kier alpha value is -2.48. The van der Waals surface area contributed by atoms with Gasteiger partial charge in [0.2, 0.25) is 0 Å². The summed E-state index contributed by atoms with van der Waals surface area (Å²) in [5.41, 5.74) is 0.839. The number of rotatable bonds is 5. The van der Waals surface area contributed by atoms with E-state index < -0.39 is 5.69 Å². The van der Waals surface area contributed by atoms with Gasteiger partial charge in [0.25, 0.3) is 5.56 Å². The van der Waals surface area contributed by atoms with Gasteiger partial charge in [-0.1, -0.05) is 0 Å². The molecule has 8 heteroatoms. The van der Waals surface area contributed by atoms with Gasteiger partial charge in [-0.25, -0.2) is 14.8 Å². The van der Waals surface area contributed by atoms with Crippen LogP contribution in [0.4, 0.5) is 5.82 Å². The highest BCUT2D eigenvalue weighted by Gasteiger charge is 2.19. The Morgan fingerprint density at radius 2 is 2.30 bits per heavy atom. The lowest BCUT2D eigenvalue weighted by Crippen LogP contribution is -2.34. The van der Waals surface area contributed by atoms with Gasteiger partial charge in [0, 0.05) is 43.9 Å². The standard InChI is InChI=1S/C15H19N5O3/c1-20-14(21)10(7-17-15(20)22)2-4-16-13-6-12(18-9-19-13)11-3-5-23-8-11/h6-7,9,11H,2-5,8H2,1H3,(H,17,22)(H,16,18,19)/t11-/m1/s1. The predicted molar refractivity (Wildman–Crippen MR) is 84.7 cm³/mol. The van der Waals surface area contributed by atoms with E-state index in [4.69, 9.17) is 4.74 Å². The van der Waals surface area contributed by atoms with Crippen molar-refractivity contribution in [3.63, 3.8) is 0 Å². The van der Waals surface area contributed by atoms with E-state index in [1.807, 2.05) is 6.07 Å². The molecule has 0 bridgehead atoms. The lowest BCUT2D eigenvalue weighted by Gasteiger charge is -2.10. The molecule has 122 valence electrons. The molecule has 1 fully saturated rings. The van der Waals surface area contributed by atoms with Crippen molar-refractivity contribution in [3.8, 4) is 0 Å². The molecular formula is C15H19N5O3. The topological polar surface area (TPSA) is 102 Å². The molecular weight excluding hydrogens is 298 g/mol. The number of anilines is 1. The fourth-order valence-electron chi connectivity index (χ4n) is 2.58. The molecule has 0 saturated carbocycles. The van der Waals surface area contributed by atoms with Gasteiger partial charge >= 0.3 is 5.69 Å². The third-order valence-corrected chi connectivity index (χ3v) is 3.99. The van der Waals surface area contributed by atoms with Gasteiger partial charge in [0.05, 0.1) is 12.3 Å². The zero-order valence-corrected chi connectivity index (χ0v) is 12.9. The average Bonchev–Trinajstić information content (AvgIpc) is 3.10. The van der Waals surface area contributed by atoms with Crippen LogP contribution in [0, 0.1) is 0 Å². The van der Waals surface area contributed by atoms with Gasteiger partial charge < -0.3 is 15.0 Å². The van der Waals surface area contributed by atoms with Crippen LogP contribution in [0.15, 0.2) is 28.2 Å². The smallest absolute Gasteiger partial charge is 0.328 e. The number of nitrogens with one attached hydrogen (secondary N) is 2. The minimum Gasteiger partial charge on any atom is -0.381 e. The summed E-state index contributed by atoms with van der Waals surface area (Å²) in [6, 6.07) is 1.92. The summed E-state index contributed by atoms with van der Waals surface area (Å²) >= 11 is 0. The van der Waals surface area contributed by atoms with E-state index >= 15 is 0 Å². The highest BCUT2D eigenvalue weighted by molar-refractivity contribution is 5.36. The minimum atomic E-state index is -0.411. The van der Waals surface area contributed by atoms with Gasteiger partial charge in [0.15, 0.2) is 0 Å². The number of hydrogen-bond acceptors (Lipinski definition) is 6. The second-order valence-corrected chi connectivity index (χ2v) is 5.55. The average molecular weight is 317 g/mol. The fourth-order valence-corrected chi connectivity index (χ4v) is 2.58. The highest BCUT2D eigenvalue weighted by Crippen LogP contribution is 2.24. The van der Waals surface area contributed by atoms with Crippen molar-refractivity contribution in [3.05, 3.63) is 50.7 Å². The maximum Gasteiger partial charge on any atom is 0.328 e. The van der Waals surface area contributed by atoms with Crippen LogP contribution in [0.25, 0.3) is 0 Å². The highest BCUT2D eigenvalue weighted by atomic mass is 16.5. The van der Waals surface area contributed by atoms with Crippen LogP contribution in [0.3, 0.4) is 0 Å². The Morgan fingerprint density at radius 3 is 3.09 bits per heavy atom. The second kappa shape index (κ2) is 6.74. The maximum atomic E-state index is 11.9. The first-order valence-electron chi connectivity index (χ1n) is 7.56. The molecule has 0 amide bonds. The van der Waals surface area contributed by atoms with Gasteiger partial charge in [0.1, 0.15) is 12.1 Å². The molecule has 2 aromatic rings. The predicted octanol–water partition coefficient (Wildman–Crippen LogP) is 0.0221. The Bertz CT molecular complexity index is 792. The molecule has 8 nitrogen and oxygen atoms in total. The molecule has 0 aliphatic carbocycles. The number of ether oxygens (including phenoxy) is 1. The van der Waals surface area contributed by atoms with Crippen LogP contribution in [0.1, 0.15) is 23.6 Å². The van der Waals surface area contributed by atoms with Gasteiger partial charge in [-0.15, -0.1) is 0 Å². The van der Waals surface area contributed by atoms with Crippen molar-refractivity contribution >= 4 is 5.82 Å². The van der Waals surface area contributed by atoms with Crippen molar-refractivity contribution in [1.29, 1.82) is 0 Å². The third-order valence-electron chi connectivity index (χ3n) is 3.99. The first-order valence-corrected chi connectivity index (χ1v) is 7.56. The third kappa shape index (κ3) is 3.48. The molecule has 0 radical (unpaired) electrons. The Morgan fingerprint density at radius 1 is 1.43 bits per heavy atom. The molecule has 0 unspecified atom stereocenters. The van der Waals surface area contributed by atoms with E-state index in [2.05, 4.69) is 20.3 Å². The van der Waals surface area contributed by atoms with Crippen LogP contribution in [0.2, 0.25) is 0 Å². The lowest BCUT2D eigenvalue weighted by atomic mass is 10.1. The molecule has 0 aromatic carbocycles. The minimum absolute atomic E-state index is 0.276. The number of hydrogen-bond donors (Lipinski definition) is 2. The van der Waals surface area contributed by atoms with E-state index in [-0.39, 0.29) is 5.56 Å². The molecule has 23 heavy (non-hydrogen) atoms. The number of nitrogens with zero attached hydrogens (tertiary/aromatic N) is 3. The molecule has 1 atom stereocenters. The van der Waals surface area contributed by atoms with Crippen molar-refractivity contribution in [1.82, 2.24) is 19.5 Å². The molecule has 1 aliphatic heterocycles. The SMILES string of the molecule is Cn1c(=O)[nH]cc(CCNc2cc([C@@H]3CCOC3)ncn2)c1=O. The quantitative estimate of drug-likeness (QED) is 0.806. The molecule has 1 saturated heterocycles. The molecule has 2 aromatic heterocycles. The fraction of sp³-hybridized carbons (Fsp3) is 0.467. The molecule has 2 N–H and O–H groups in total. The van der Waals surface area contributed by atoms with Gasteiger partial charge in [-0.2, -0.15) is 0 Å². The molecule has 3 rings (SSSR count). The summed E-state index contributed by atoms with van der Waals surface area (Å²) in [6.07, 6.45) is 4.47. The number of aromatic amines is 1. The van der Waals surface area contributed by atoms with Gasteiger partial charge in [-0.3, -0.25) is 9.36 Å². The van der Waals surface area contributed by atoms with E-state index in [1.165, 1.54) is 19.6 Å². The Kier molecular flexibility index (Phi) is 4.52. The van der Waals surface area contributed by atoms with E-state index in [9.17, 15) is 9.59 Å². The zero-order valence-electron chi connectivity index (χ0n) is 12.9. The molecule has 3 heterocycles. The van der Waals surface area contributed by atoms with Crippen LogP contribution >= 0.6 is 0 Å². The first-order chi connectivity index (χ1) is 11.1. The summed E-state index contributed by atoms with van der Waals surface area (Å²) in [5.74, 6) is 1.05. The summed E-state index contributed by atoms with van der Waals surface area (Å²) in [4.78, 5) is 34.3. The molecule has 1 aliphatic rings. The van der Waals surface area contributed by atoms with Crippen LogP contribution < -0.4 is 16.6 Å². The summed E-state index contributed by atoms with van der Waals surface area (Å²) in [6.45, 7) is 2.01. The largest absolute Gasteiger partial charge is 0.381 e. The molecule has 0 spiro atoms. The zero-order chi connectivity index (χ0) is 16.2. The van der Waals surface area contributed by atoms with E-state index in [0.29, 0.717) is 31.1 Å². The van der Waals surface area contributed by atoms with Crippen LogP contribution in [-0.4, -0.2) is 39.3 Å². The van der Waals surface area contributed by atoms with E-state index in [1.54, 1.807) is 0 Å². The number of aromatic nitrogens is 4. The first kappa shape index (κ1) is 15.4. The summed E-state index contributed by atoms with van der Waals surface area (Å²) < 4.78 is 6.45. The lowest BCUT2D eigenvalue weighted by molar-refractivity contribution is 0.193. The van der Waals surface area contributed by atoms with Crippen molar-refractivity contribution in [2.45, 2.75) is 18.8 Å². The van der Waals surface area contributed by atoms with Crippen molar-refractivity contribution in [2.75, 3.05) is 25.1 Å². The van der Waals surface area contributed by atoms with Crippen molar-refractivity contribution < 1.29 is 4.74 Å². The normalized spacial score (nSPS) is 17.3. The Balaban J connectivity index is 1.63. The monoisotopic (exact) mass is 317 g/mol. The second-order valence-electron chi connectivity index (χ2n) is 5.55. The maximum absolute atomic E-state index is 11.9. The summed E-state index contributed by atoms with van der Waals surface area (Å²) in [5, 5.41) is 3.19. The summed E-state index contributed by atoms with van der Waals surface area (Å²) in [7, 11) is 1.46.